The van der Waals surface area contributed by atoms with Crippen LogP contribution in [0.1, 0.15) is 0 Å². The summed E-state index contributed by atoms with van der Waals surface area (Å²) in [4.78, 5) is 8.39. The number of para-hydroxylation sites is 1. The molecule has 3 aromatic rings. The minimum absolute atomic E-state index is 0.427. The van der Waals surface area contributed by atoms with Gasteiger partial charge in [0.2, 0.25) is 0 Å². The molecular weight excluding hydrogens is 284 g/mol. The standard InChI is InChI=1S/C15H16N4O3/c1-20-8-7-16-14-12-13(19-22-15(12)18-9-17-14)10-5-3-4-6-11(10)21-2/h3-6,9H,7-8H2,1-2H3,(H,16,17,18). The Morgan fingerprint density at radius 1 is 1.18 bits per heavy atom. The van der Waals surface area contributed by atoms with Gasteiger partial charge in [0.25, 0.3) is 5.71 Å². The van der Waals surface area contributed by atoms with Crippen molar-refractivity contribution in [3.05, 3.63) is 30.6 Å². The number of hydrogen-bond donors (Lipinski definition) is 1. The molecule has 2 aromatic heterocycles. The van der Waals surface area contributed by atoms with Crippen LogP contribution < -0.4 is 10.1 Å². The zero-order valence-corrected chi connectivity index (χ0v) is 12.4. The third-order valence-corrected chi connectivity index (χ3v) is 3.23. The van der Waals surface area contributed by atoms with Gasteiger partial charge in [0.05, 0.1) is 13.7 Å². The molecule has 0 aliphatic rings. The summed E-state index contributed by atoms with van der Waals surface area (Å²) in [7, 11) is 3.27. The highest BCUT2D eigenvalue weighted by Gasteiger charge is 2.19. The molecule has 114 valence electrons. The molecule has 0 aliphatic heterocycles. The first-order valence-electron chi connectivity index (χ1n) is 6.81. The SMILES string of the molecule is COCCNc1ncnc2onc(-c3ccccc3OC)c12. The maximum Gasteiger partial charge on any atom is 0.263 e. The molecule has 0 spiro atoms. The molecule has 0 aliphatic carbocycles. The Labute approximate surface area is 127 Å². The monoisotopic (exact) mass is 300 g/mol. The van der Waals surface area contributed by atoms with E-state index >= 15 is 0 Å². The Morgan fingerprint density at radius 2 is 2.05 bits per heavy atom. The van der Waals surface area contributed by atoms with Crippen molar-refractivity contribution in [3.63, 3.8) is 0 Å². The van der Waals surface area contributed by atoms with Crippen molar-refractivity contribution in [2.45, 2.75) is 0 Å². The van der Waals surface area contributed by atoms with Crippen molar-refractivity contribution in [1.29, 1.82) is 0 Å². The lowest BCUT2D eigenvalue weighted by Crippen LogP contribution is -2.09. The molecule has 22 heavy (non-hydrogen) atoms. The Morgan fingerprint density at radius 3 is 2.86 bits per heavy atom. The lowest BCUT2D eigenvalue weighted by atomic mass is 10.1. The second kappa shape index (κ2) is 6.40. The fraction of sp³-hybridized carbons (Fsp3) is 0.267. The number of hydrogen-bond acceptors (Lipinski definition) is 7. The highest BCUT2D eigenvalue weighted by Crippen LogP contribution is 2.36. The number of ether oxygens (including phenoxy) is 2. The normalized spacial score (nSPS) is 10.8. The number of nitrogens with zero attached hydrogens (tertiary/aromatic N) is 3. The number of aromatic nitrogens is 3. The summed E-state index contributed by atoms with van der Waals surface area (Å²) in [6.07, 6.45) is 1.44. The van der Waals surface area contributed by atoms with Crippen LogP contribution in [0, 0.1) is 0 Å². The van der Waals surface area contributed by atoms with E-state index < -0.39 is 0 Å². The third kappa shape index (κ3) is 2.58. The number of benzene rings is 1. The van der Waals surface area contributed by atoms with E-state index in [2.05, 4.69) is 20.4 Å². The van der Waals surface area contributed by atoms with Crippen molar-refractivity contribution in [2.24, 2.45) is 0 Å². The van der Waals surface area contributed by atoms with Gasteiger partial charge in [-0.05, 0) is 12.1 Å². The Hall–Kier alpha value is -2.67. The van der Waals surface area contributed by atoms with Crippen molar-refractivity contribution in [3.8, 4) is 17.0 Å². The molecule has 0 saturated heterocycles. The van der Waals surface area contributed by atoms with Gasteiger partial charge in [-0.3, -0.25) is 0 Å². The molecule has 7 heteroatoms. The molecule has 0 radical (unpaired) electrons. The predicted octanol–water partition coefficient (Wildman–Crippen LogP) is 2.35. The highest BCUT2D eigenvalue weighted by molar-refractivity contribution is 5.98. The van der Waals surface area contributed by atoms with Gasteiger partial charge in [-0.1, -0.05) is 17.3 Å². The van der Waals surface area contributed by atoms with E-state index in [0.717, 1.165) is 10.9 Å². The summed E-state index contributed by atoms with van der Waals surface area (Å²) in [6.45, 7) is 1.19. The van der Waals surface area contributed by atoms with Crippen LogP contribution in [0.3, 0.4) is 0 Å². The average Bonchev–Trinajstić information content (AvgIpc) is 3.00. The topological polar surface area (TPSA) is 82.3 Å². The predicted molar refractivity (Wildman–Crippen MR) is 82.0 cm³/mol. The van der Waals surface area contributed by atoms with Crippen LogP contribution in [0.25, 0.3) is 22.4 Å². The zero-order chi connectivity index (χ0) is 15.4. The molecule has 1 aromatic carbocycles. The zero-order valence-electron chi connectivity index (χ0n) is 12.4. The largest absolute Gasteiger partial charge is 0.496 e. The van der Waals surface area contributed by atoms with Crippen LogP contribution in [-0.2, 0) is 4.74 Å². The molecular formula is C15H16N4O3. The summed E-state index contributed by atoms with van der Waals surface area (Å²) in [6, 6.07) is 7.61. The molecule has 3 rings (SSSR count). The summed E-state index contributed by atoms with van der Waals surface area (Å²) in [5.74, 6) is 1.37. The van der Waals surface area contributed by atoms with Gasteiger partial charge in [0.15, 0.2) is 0 Å². The molecule has 0 atom stereocenters. The van der Waals surface area contributed by atoms with Gasteiger partial charge >= 0.3 is 0 Å². The molecule has 2 heterocycles. The summed E-state index contributed by atoms with van der Waals surface area (Å²) in [5.41, 5.74) is 1.90. The summed E-state index contributed by atoms with van der Waals surface area (Å²) in [5, 5.41) is 8.06. The van der Waals surface area contributed by atoms with E-state index in [-0.39, 0.29) is 0 Å². The number of rotatable bonds is 6. The molecule has 1 N–H and O–H groups in total. The van der Waals surface area contributed by atoms with Crippen LogP contribution >= 0.6 is 0 Å². The number of anilines is 1. The van der Waals surface area contributed by atoms with E-state index in [4.69, 9.17) is 14.0 Å². The number of fused-ring (bicyclic) bond motifs is 1. The first kappa shape index (κ1) is 14.3. The smallest absolute Gasteiger partial charge is 0.263 e. The van der Waals surface area contributed by atoms with Crippen LogP contribution in [0.15, 0.2) is 35.1 Å². The van der Waals surface area contributed by atoms with Crippen molar-refractivity contribution >= 4 is 16.9 Å². The molecule has 0 amide bonds. The Balaban J connectivity index is 2.10. The maximum atomic E-state index is 5.39. The maximum absolute atomic E-state index is 5.39. The molecule has 7 nitrogen and oxygen atoms in total. The fourth-order valence-corrected chi connectivity index (χ4v) is 2.22. The van der Waals surface area contributed by atoms with Gasteiger partial charge in [0, 0.05) is 19.2 Å². The minimum atomic E-state index is 0.427. The second-order valence-corrected chi connectivity index (χ2v) is 4.55. The Kier molecular flexibility index (Phi) is 4.15. The quantitative estimate of drug-likeness (QED) is 0.700. The third-order valence-electron chi connectivity index (χ3n) is 3.23. The van der Waals surface area contributed by atoms with E-state index in [1.807, 2.05) is 24.3 Å². The lowest BCUT2D eigenvalue weighted by Gasteiger charge is -2.08. The molecule has 0 saturated carbocycles. The Bertz CT molecular complexity index is 772. The molecule has 0 unspecified atom stereocenters. The average molecular weight is 300 g/mol. The van der Waals surface area contributed by atoms with Gasteiger partial charge in [-0.2, -0.15) is 4.98 Å². The molecule has 0 fully saturated rings. The summed E-state index contributed by atoms with van der Waals surface area (Å²) >= 11 is 0. The van der Waals surface area contributed by atoms with Crippen LogP contribution in [-0.4, -0.2) is 42.5 Å². The van der Waals surface area contributed by atoms with E-state index in [1.165, 1.54) is 6.33 Å². The van der Waals surface area contributed by atoms with Crippen LogP contribution in [0.2, 0.25) is 0 Å². The summed E-state index contributed by atoms with van der Waals surface area (Å²) < 4.78 is 15.8. The molecule has 0 bridgehead atoms. The van der Waals surface area contributed by atoms with Gasteiger partial charge in [0.1, 0.15) is 29.0 Å². The van der Waals surface area contributed by atoms with Crippen LogP contribution in [0.4, 0.5) is 5.82 Å². The van der Waals surface area contributed by atoms with E-state index in [9.17, 15) is 0 Å². The first-order chi connectivity index (χ1) is 10.8. The van der Waals surface area contributed by atoms with Crippen molar-refractivity contribution in [1.82, 2.24) is 15.1 Å². The first-order valence-corrected chi connectivity index (χ1v) is 6.81. The number of methoxy groups -OCH3 is 2. The highest BCUT2D eigenvalue weighted by atomic mass is 16.5. The van der Waals surface area contributed by atoms with Gasteiger partial charge < -0.3 is 19.3 Å². The van der Waals surface area contributed by atoms with E-state index in [1.54, 1.807) is 14.2 Å². The van der Waals surface area contributed by atoms with Crippen molar-refractivity contribution < 1.29 is 14.0 Å². The lowest BCUT2D eigenvalue weighted by molar-refractivity contribution is 0.210. The van der Waals surface area contributed by atoms with E-state index in [0.29, 0.717) is 36.1 Å². The van der Waals surface area contributed by atoms with Crippen molar-refractivity contribution in [2.75, 3.05) is 32.7 Å². The van der Waals surface area contributed by atoms with Crippen LogP contribution in [0.5, 0.6) is 5.75 Å². The number of nitrogens with one attached hydrogen (secondary N) is 1. The second-order valence-electron chi connectivity index (χ2n) is 4.55. The van der Waals surface area contributed by atoms with Gasteiger partial charge in [-0.25, -0.2) is 4.98 Å². The minimum Gasteiger partial charge on any atom is -0.496 e. The van der Waals surface area contributed by atoms with Gasteiger partial charge in [-0.15, -0.1) is 0 Å². The fourth-order valence-electron chi connectivity index (χ4n) is 2.22.